The summed E-state index contributed by atoms with van der Waals surface area (Å²) in [6.07, 6.45) is 2.90. The summed E-state index contributed by atoms with van der Waals surface area (Å²) in [5.74, 6) is 1.18. The Balaban J connectivity index is 1.02. The van der Waals surface area contributed by atoms with Crippen LogP contribution in [0, 0.1) is 0 Å². The van der Waals surface area contributed by atoms with Gasteiger partial charge in [0.2, 0.25) is 5.89 Å². The van der Waals surface area contributed by atoms with Crippen molar-refractivity contribution in [3.8, 4) is 17.2 Å². The number of morpholine rings is 1. The molecule has 0 aliphatic carbocycles. The highest BCUT2D eigenvalue weighted by atomic mass is 16.5. The lowest BCUT2D eigenvalue weighted by Crippen LogP contribution is -2.42. The molecule has 47 heavy (non-hydrogen) atoms. The summed E-state index contributed by atoms with van der Waals surface area (Å²) in [7, 11) is 0. The van der Waals surface area contributed by atoms with E-state index in [1.54, 1.807) is 24.6 Å². The van der Waals surface area contributed by atoms with Crippen molar-refractivity contribution in [1.29, 1.82) is 0 Å². The molecule has 0 bridgehead atoms. The van der Waals surface area contributed by atoms with Crippen LogP contribution in [0.4, 0.5) is 0 Å². The average molecular weight is 632 g/mol. The van der Waals surface area contributed by atoms with E-state index in [0.29, 0.717) is 23.6 Å². The average Bonchev–Trinajstić information content (AvgIpc) is 3.67. The lowest BCUT2D eigenvalue weighted by Gasteiger charge is -2.30. The highest BCUT2D eigenvalue weighted by Gasteiger charge is 2.19. The van der Waals surface area contributed by atoms with Gasteiger partial charge in [-0.15, -0.1) is 0 Å². The lowest BCUT2D eigenvalue weighted by molar-refractivity contribution is 0.0322. The van der Waals surface area contributed by atoms with Gasteiger partial charge >= 0.3 is 0 Å². The molecule has 1 aromatic heterocycles. The number of aliphatic hydroxyl groups excluding tert-OH is 1. The Morgan fingerprint density at radius 2 is 1.53 bits per heavy atom. The molecule has 6 rings (SSSR count). The molecule has 1 unspecified atom stereocenters. The zero-order chi connectivity index (χ0) is 32.3. The maximum absolute atomic E-state index is 12.9. The number of ketones is 1. The molecule has 0 spiro atoms. The normalized spacial score (nSPS) is 14.3. The van der Waals surface area contributed by atoms with Crippen molar-refractivity contribution in [2.45, 2.75) is 19.1 Å². The number of oxazole rings is 1. The number of nitrogens with zero attached hydrogens (tertiary/aromatic N) is 3. The van der Waals surface area contributed by atoms with Crippen molar-refractivity contribution >= 4 is 5.78 Å². The zero-order valence-electron chi connectivity index (χ0n) is 26.5. The van der Waals surface area contributed by atoms with Crippen molar-refractivity contribution < 1.29 is 23.8 Å². The molecule has 1 N–H and O–H groups in total. The van der Waals surface area contributed by atoms with Gasteiger partial charge in [0.15, 0.2) is 5.78 Å². The van der Waals surface area contributed by atoms with Gasteiger partial charge in [-0.05, 0) is 52.9 Å². The van der Waals surface area contributed by atoms with E-state index in [-0.39, 0.29) is 5.78 Å². The topological polar surface area (TPSA) is 88.3 Å². The van der Waals surface area contributed by atoms with Crippen LogP contribution in [0.1, 0.15) is 38.7 Å². The molecule has 8 nitrogen and oxygen atoms in total. The van der Waals surface area contributed by atoms with Crippen molar-refractivity contribution in [3.05, 3.63) is 143 Å². The van der Waals surface area contributed by atoms with Gasteiger partial charge in [0, 0.05) is 50.4 Å². The second-order valence-electron chi connectivity index (χ2n) is 11.8. The molecule has 4 aromatic carbocycles. The van der Waals surface area contributed by atoms with Crippen molar-refractivity contribution in [3.63, 3.8) is 0 Å². The van der Waals surface area contributed by atoms with Crippen LogP contribution in [-0.2, 0) is 17.7 Å². The number of carbonyl (C=O) groups is 1. The number of rotatable bonds is 15. The first-order valence-electron chi connectivity index (χ1n) is 16.2. The molecule has 2 heterocycles. The molecule has 1 saturated heterocycles. The van der Waals surface area contributed by atoms with Crippen molar-refractivity contribution in [2.24, 2.45) is 0 Å². The van der Waals surface area contributed by atoms with Crippen LogP contribution >= 0.6 is 0 Å². The second kappa shape index (κ2) is 16.3. The number of hydrogen-bond donors (Lipinski definition) is 1. The number of aromatic nitrogens is 1. The predicted molar refractivity (Wildman–Crippen MR) is 181 cm³/mol. The van der Waals surface area contributed by atoms with Gasteiger partial charge in [-0.2, -0.15) is 0 Å². The van der Waals surface area contributed by atoms with Gasteiger partial charge < -0.3 is 19.0 Å². The first-order chi connectivity index (χ1) is 23.1. The quantitative estimate of drug-likeness (QED) is 0.140. The van der Waals surface area contributed by atoms with E-state index in [1.807, 2.05) is 66.7 Å². The Morgan fingerprint density at radius 1 is 0.851 bits per heavy atom. The Bertz CT molecular complexity index is 1650. The van der Waals surface area contributed by atoms with E-state index in [2.05, 4.69) is 39.0 Å². The van der Waals surface area contributed by atoms with Gasteiger partial charge in [-0.1, -0.05) is 78.9 Å². The maximum atomic E-state index is 12.9. The molecule has 0 saturated carbocycles. The lowest BCUT2D eigenvalue weighted by atomic mass is 9.99. The molecular formula is C39H41N3O5. The Hall–Kier alpha value is -4.60. The fraction of sp³-hybridized carbons (Fsp3) is 0.282. The van der Waals surface area contributed by atoms with Gasteiger partial charge in [0.1, 0.15) is 24.7 Å². The van der Waals surface area contributed by atoms with E-state index < -0.39 is 6.10 Å². The number of benzene rings is 4. The van der Waals surface area contributed by atoms with Crippen LogP contribution < -0.4 is 4.74 Å². The van der Waals surface area contributed by atoms with Crippen LogP contribution in [0.3, 0.4) is 0 Å². The van der Waals surface area contributed by atoms with Gasteiger partial charge in [-0.3, -0.25) is 14.6 Å². The van der Waals surface area contributed by atoms with Gasteiger partial charge in [0.25, 0.3) is 0 Å². The van der Waals surface area contributed by atoms with E-state index in [1.165, 1.54) is 11.1 Å². The summed E-state index contributed by atoms with van der Waals surface area (Å²) in [4.78, 5) is 21.9. The zero-order valence-corrected chi connectivity index (χ0v) is 26.5. The van der Waals surface area contributed by atoms with E-state index >= 15 is 0 Å². The van der Waals surface area contributed by atoms with E-state index in [0.717, 1.165) is 75.8 Å². The SMILES string of the molecule is O=C(c1ccc(CN(CCOc2ccc(Cc3ccc(-c4ncco4)cc3)cc2)CCN2CCOCC2)cc1)C(O)c1ccccc1. The summed E-state index contributed by atoms with van der Waals surface area (Å²) >= 11 is 0. The van der Waals surface area contributed by atoms with E-state index in [9.17, 15) is 9.90 Å². The van der Waals surface area contributed by atoms with E-state index in [4.69, 9.17) is 13.9 Å². The number of carbonyl (C=O) groups excluding carboxylic acids is 1. The number of aliphatic hydroxyl groups is 1. The van der Waals surface area contributed by atoms with Crippen LogP contribution in [0.5, 0.6) is 5.75 Å². The second-order valence-corrected chi connectivity index (χ2v) is 11.8. The minimum Gasteiger partial charge on any atom is -0.492 e. The third-order valence-corrected chi connectivity index (χ3v) is 8.49. The van der Waals surface area contributed by atoms with Crippen LogP contribution in [0.15, 0.2) is 120 Å². The number of hydrogen-bond acceptors (Lipinski definition) is 8. The molecular weight excluding hydrogens is 590 g/mol. The largest absolute Gasteiger partial charge is 0.492 e. The Labute approximate surface area is 276 Å². The minimum atomic E-state index is -1.17. The first kappa shape index (κ1) is 32.3. The van der Waals surface area contributed by atoms with Gasteiger partial charge in [0.05, 0.1) is 19.4 Å². The summed E-state index contributed by atoms with van der Waals surface area (Å²) in [5.41, 5.74) is 5.60. The number of ether oxygens (including phenoxy) is 2. The summed E-state index contributed by atoms with van der Waals surface area (Å²) in [6, 6.07) is 33.2. The molecule has 1 atom stereocenters. The molecule has 1 aliphatic rings. The summed E-state index contributed by atoms with van der Waals surface area (Å²) < 4.78 is 17.1. The fourth-order valence-corrected chi connectivity index (χ4v) is 5.72. The molecule has 242 valence electrons. The first-order valence-corrected chi connectivity index (χ1v) is 16.2. The number of Topliss-reactive ketones (excluding diaryl/α,β-unsaturated/α-hetero) is 1. The molecule has 0 radical (unpaired) electrons. The molecule has 5 aromatic rings. The smallest absolute Gasteiger partial charge is 0.225 e. The highest BCUT2D eigenvalue weighted by molar-refractivity contribution is 5.99. The van der Waals surface area contributed by atoms with Crippen LogP contribution in [-0.4, -0.2) is 78.2 Å². The van der Waals surface area contributed by atoms with Crippen molar-refractivity contribution in [1.82, 2.24) is 14.8 Å². The standard InChI is InChI=1S/C39H41N3O5/c43-37(33-4-2-1-3-5-33)38(44)34-12-8-32(9-13-34)29-42(20-19-41-21-25-45-26-22-41)23-27-46-36-16-10-31(11-17-36)28-30-6-14-35(15-7-30)39-40-18-24-47-39/h1-18,24,37,43H,19-23,25-29H2. The van der Waals surface area contributed by atoms with Crippen LogP contribution in [0.25, 0.3) is 11.5 Å². The Kier molecular flexibility index (Phi) is 11.2. The highest BCUT2D eigenvalue weighted by Crippen LogP contribution is 2.21. The Morgan fingerprint density at radius 3 is 2.21 bits per heavy atom. The van der Waals surface area contributed by atoms with Gasteiger partial charge in [-0.25, -0.2) is 4.98 Å². The summed E-state index contributed by atoms with van der Waals surface area (Å²) in [6.45, 7) is 7.35. The van der Waals surface area contributed by atoms with Crippen molar-refractivity contribution in [2.75, 3.05) is 52.5 Å². The molecule has 0 amide bonds. The minimum absolute atomic E-state index is 0.299. The van der Waals surface area contributed by atoms with Crippen LogP contribution in [0.2, 0.25) is 0 Å². The molecule has 8 heteroatoms. The monoisotopic (exact) mass is 631 g/mol. The third kappa shape index (κ3) is 9.24. The predicted octanol–water partition coefficient (Wildman–Crippen LogP) is 6.06. The fourth-order valence-electron chi connectivity index (χ4n) is 5.72. The molecule has 1 fully saturated rings. The third-order valence-electron chi connectivity index (χ3n) is 8.49. The molecule has 1 aliphatic heterocycles. The maximum Gasteiger partial charge on any atom is 0.225 e. The summed E-state index contributed by atoms with van der Waals surface area (Å²) in [5, 5.41) is 10.6.